The van der Waals surface area contributed by atoms with Crippen molar-refractivity contribution in [2.24, 2.45) is 12.0 Å². The van der Waals surface area contributed by atoms with Crippen molar-refractivity contribution in [3.8, 4) is 0 Å². The Labute approximate surface area is 160 Å². The summed E-state index contributed by atoms with van der Waals surface area (Å²) in [6.45, 7) is 0.756. The van der Waals surface area contributed by atoms with Gasteiger partial charge in [0, 0.05) is 44.6 Å². The summed E-state index contributed by atoms with van der Waals surface area (Å²) in [6.07, 6.45) is -2.21. The predicted molar refractivity (Wildman–Crippen MR) is 101 cm³/mol. The number of alkyl halides is 3. The van der Waals surface area contributed by atoms with Crippen LogP contribution in [0.2, 0.25) is 0 Å². The number of aromatic nitrogens is 2. The van der Waals surface area contributed by atoms with E-state index in [0.29, 0.717) is 5.96 Å². The Bertz CT molecular complexity index is 769. The zero-order valence-corrected chi connectivity index (χ0v) is 16.2. The van der Waals surface area contributed by atoms with E-state index in [2.05, 4.69) is 15.4 Å². The van der Waals surface area contributed by atoms with Crippen molar-refractivity contribution in [3.05, 3.63) is 47.3 Å². The molecule has 0 saturated heterocycles. The highest BCUT2D eigenvalue weighted by atomic mass is 127. The van der Waals surface area contributed by atoms with E-state index in [-0.39, 0.29) is 36.1 Å². The summed E-state index contributed by atoms with van der Waals surface area (Å²) < 4.78 is 40.2. The Morgan fingerprint density at radius 3 is 2.72 bits per heavy atom. The lowest BCUT2D eigenvalue weighted by molar-refractivity contribution is -0.142. The van der Waals surface area contributed by atoms with Gasteiger partial charge in [0.1, 0.15) is 0 Å². The third-order valence-corrected chi connectivity index (χ3v) is 3.96. The van der Waals surface area contributed by atoms with Crippen molar-refractivity contribution in [1.82, 2.24) is 15.1 Å². The van der Waals surface area contributed by atoms with E-state index in [9.17, 15) is 13.2 Å². The van der Waals surface area contributed by atoms with Crippen LogP contribution in [0.1, 0.15) is 16.8 Å². The molecule has 3 rings (SSSR count). The van der Waals surface area contributed by atoms with E-state index in [4.69, 9.17) is 0 Å². The fraction of sp³-hybridized carbons (Fsp3) is 0.375. The zero-order valence-electron chi connectivity index (χ0n) is 13.8. The Balaban J connectivity index is 0.00000225. The highest BCUT2D eigenvalue weighted by Crippen LogP contribution is 2.31. The molecular formula is C16H19F3IN5. The molecule has 136 valence electrons. The van der Waals surface area contributed by atoms with Gasteiger partial charge in [-0.05, 0) is 18.1 Å². The Morgan fingerprint density at radius 2 is 2.04 bits per heavy atom. The summed E-state index contributed by atoms with van der Waals surface area (Å²) in [5.74, 6) is 0.553. The van der Waals surface area contributed by atoms with E-state index >= 15 is 0 Å². The number of aryl methyl sites for hydroxylation is 1. The second-order valence-electron chi connectivity index (χ2n) is 5.61. The van der Waals surface area contributed by atoms with Gasteiger partial charge in [0.25, 0.3) is 0 Å². The molecule has 0 spiro atoms. The zero-order chi connectivity index (χ0) is 17.3. The maximum Gasteiger partial charge on any atom is 0.435 e. The average Bonchev–Trinajstić information content (AvgIpc) is 3.12. The first-order valence-electron chi connectivity index (χ1n) is 7.56. The number of nitrogens with zero attached hydrogens (tertiary/aromatic N) is 4. The number of rotatable bonds is 2. The number of anilines is 1. The second-order valence-corrected chi connectivity index (χ2v) is 5.61. The van der Waals surface area contributed by atoms with Crippen LogP contribution in [0.4, 0.5) is 18.9 Å². The number of nitrogens with one attached hydrogen (secondary N) is 1. The summed E-state index contributed by atoms with van der Waals surface area (Å²) in [7, 11) is 3.10. The molecule has 1 aliphatic heterocycles. The van der Waals surface area contributed by atoms with Crippen LogP contribution in [0.15, 0.2) is 35.5 Å². The lowest BCUT2D eigenvalue weighted by atomic mass is 10.2. The van der Waals surface area contributed by atoms with Crippen molar-refractivity contribution in [2.75, 3.05) is 18.5 Å². The molecule has 0 aliphatic carbocycles. The van der Waals surface area contributed by atoms with Crippen LogP contribution >= 0.6 is 24.0 Å². The van der Waals surface area contributed by atoms with Gasteiger partial charge in [-0.2, -0.15) is 18.3 Å². The van der Waals surface area contributed by atoms with Crippen molar-refractivity contribution in [3.63, 3.8) is 0 Å². The van der Waals surface area contributed by atoms with Crippen LogP contribution in [0.3, 0.4) is 0 Å². The fourth-order valence-corrected chi connectivity index (χ4v) is 2.93. The molecule has 9 heteroatoms. The van der Waals surface area contributed by atoms with E-state index in [1.807, 2.05) is 29.2 Å². The van der Waals surface area contributed by atoms with E-state index in [0.717, 1.165) is 18.7 Å². The van der Waals surface area contributed by atoms with Crippen molar-refractivity contribution in [2.45, 2.75) is 19.1 Å². The Kier molecular flexibility index (Phi) is 5.96. The molecule has 1 N–H and O–H groups in total. The van der Waals surface area contributed by atoms with Gasteiger partial charge in [-0.25, -0.2) is 0 Å². The van der Waals surface area contributed by atoms with Crippen molar-refractivity contribution >= 4 is 35.6 Å². The number of fused-ring (bicyclic) bond motifs is 1. The predicted octanol–water partition coefficient (Wildman–Crippen LogP) is 3.20. The second kappa shape index (κ2) is 7.63. The first-order valence-corrected chi connectivity index (χ1v) is 7.56. The summed E-state index contributed by atoms with van der Waals surface area (Å²) in [5, 5.41) is 6.53. The molecule has 0 atom stereocenters. The third kappa shape index (κ3) is 4.07. The molecule has 0 radical (unpaired) electrons. The van der Waals surface area contributed by atoms with Crippen LogP contribution < -0.4 is 10.2 Å². The average molecular weight is 465 g/mol. The minimum atomic E-state index is -4.47. The van der Waals surface area contributed by atoms with Gasteiger partial charge in [0.2, 0.25) is 0 Å². The number of guanidine groups is 1. The standard InChI is InChI=1S/C16H18F3N5.HI/c1-20-15(24-8-7-11-5-3-4-6-13(11)24)21-9-12-10-23(2)22-14(12)16(17,18)19;/h3-6,10H,7-9H2,1-2H3,(H,20,21);1H. The molecule has 5 nitrogen and oxygen atoms in total. The van der Waals surface area contributed by atoms with E-state index in [1.54, 1.807) is 7.05 Å². The smallest absolute Gasteiger partial charge is 0.352 e. The quantitative estimate of drug-likeness (QED) is 0.421. The van der Waals surface area contributed by atoms with Crippen LogP contribution in [-0.2, 0) is 26.2 Å². The molecule has 0 unspecified atom stereocenters. The molecule has 0 amide bonds. The maximum atomic E-state index is 13.0. The molecule has 2 heterocycles. The van der Waals surface area contributed by atoms with Gasteiger partial charge in [-0.1, -0.05) is 18.2 Å². The first kappa shape index (κ1) is 19.5. The third-order valence-electron chi connectivity index (χ3n) is 3.96. The molecule has 1 aliphatic rings. The largest absolute Gasteiger partial charge is 0.435 e. The molecular weight excluding hydrogens is 446 g/mol. The van der Waals surface area contributed by atoms with Gasteiger partial charge in [-0.3, -0.25) is 9.67 Å². The highest BCUT2D eigenvalue weighted by molar-refractivity contribution is 14.0. The number of para-hydroxylation sites is 1. The highest BCUT2D eigenvalue weighted by Gasteiger charge is 2.37. The summed E-state index contributed by atoms with van der Waals surface area (Å²) >= 11 is 0. The minimum absolute atomic E-state index is 0. The van der Waals surface area contributed by atoms with Crippen LogP contribution in [0.5, 0.6) is 0 Å². The molecule has 25 heavy (non-hydrogen) atoms. The summed E-state index contributed by atoms with van der Waals surface area (Å²) in [5.41, 5.74) is 1.47. The molecule has 0 saturated carbocycles. The minimum Gasteiger partial charge on any atom is -0.352 e. The Hall–Kier alpha value is -1.78. The van der Waals surface area contributed by atoms with Gasteiger partial charge in [0.15, 0.2) is 11.7 Å². The molecule has 0 bridgehead atoms. The number of hydrogen-bond acceptors (Lipinski definition) is 2. The number of benzene rings is 1. The van der Waals surface area contributed by atoms with Crippen molar-refractivity contribution < 1.29 is 13.2 Å². The Morgan fingerprint density at radius 1 is 1.32 bits per heavy atom. The lowest BCUT2D eigenvalue weighted by Crippen LogP contribution is -2.40. The lowest BCUT2D eigenvalue weighted by Gasteiger charge is -2.22. The number of hydrogen-bond donors (Lipinski definition) is 1. The van der Waals surface area contributed by atoms with Crippen molar-refractivity contribution in [1.29, 1.82) is 0 Å². The molecule has 1 aromatic carbocycles. The van der Waals surface area contributed by atoms with Crippen LogP contribution in [0, 0.1) is 0 Å². The number of halogens is 4. The normalized spacial score (nSPS) is 14.3. The molecule has 0 fully saturated rings. The fourth-order valence-electron chi connectivity index (χ4n) is 2.93. The van der Waals surface area contributed by atoms with Crippen LogP contribution in [-0.4, -0.2) is 29.3 Å². The maximum absolute atomic E-state index is 13.0. The monoisotopic (exact) mass is 465 g/mol. The van der Waals surface area contributed by atoms with Gasteiger partial charge < -0.3 is 10.2 Å². The van der Waals surface area contributed by atoms with Gasteiger partial charge in [-0.15, -0.1) is 24.0 Å². The topological polar surface area (TPSA) is 45.5 Å². The summed E-state index contributed by atoms with van der Waals surface area (Å²) in [6, 6.07) is 7.95. The molecule has 2 aromatic rings. The number of aliphatic imine (C=N–C) groups is 1. The summed E-state index contributed by atoms with van der Waals surface area (Å²) in [4.78, 5) is 6.19. The SMILES string of the molecule is CN=C(NCc1cn(C)nc1C(F)(F)F)N1CCc2ccccc21.I. The molecule has 1 aromatic heterocycles. The first-order chi connectivity index (χ1) is 11.4. The van der Waals surface area contributed by atoms with Crippen LogP contribution in [0.25, 0.3) is 0 Å². The van der Waals surface area contributed by atoms with E-state index in [1.165, 1.54) is 23.5 Å². The van der Waals surface area contributed by atoms with Gasteiger partial charge >= 0.3 is 6.18 Å². The van der Waals surface area contributed by atoms with E-state index < -0.39 is 11.9 Å². The van der Waals surface area contributed by atoms with Gasteiger partial charge in [0.05, 0.1) is 0 Å².